The third-order valence-electron chi connectivity index (χ3n) is 5.73. The van der Waals surface area contributed by atoms with Gasteiger partial charge in [-0.1, -0.05) is 53.7 Å². The van der Waals surface area contributed by atoms with Gasteiger partial charge in [0.15, 0.2) is 27.7 Å². The summed E-state index contributed by atoms with van der Waals surface area (Å²) in [5, 5.41) is 18.2. The molecule has 1 fully saturated rings. The molecule has 1 atom stereocenters. The second-order valence-corrected chi connectivity index (χ2v) is 9.00. The molecule has 34 heavy (non-hydrogen) atoms. The molecule has 1 N–H and O–H groups in total. The van der Waals surface area contributed by atoms with Gasteiger partial charge in [-0.3, -0.25) is 0 Å². The van der Waals surface area contributed by atoms with Gasteiger partial charge in [0, 0.05) is 18.7 Å². The molecule has 176 valence electrons. The van der Waals surface area contributed by atoms with Crippen molar-refractivity contribution in [1.82, 2.24) is 25.0 Å². The monoisotopic (exact) mass is 486 g/mol. The van der Waals surface area contributed by atoms with Gasteiger partial charge in [0.1, 0.15) is 0 Å². The van der Waals surface area contributed by atoms with Crippen molar-refractivity contribution in [2.45, 2.75) is 29.9 Å². The van der Waals surface area contributed by atoms with Crippen molar-refractivity contribution in [3.8, 4) is 0 Å². The lowest BCUT2D eigenvalue weighted by Gasteiger charge is -2.20. The Morgan fingerprint density at radius 3 is 2.50 bits per heavy atom. The summed E-state index contributed by atoms with van der Waals surface area (Å²) in [6.07, 6.45) is -0.146. The van der Waals surface area contributed by atoms with Crippen LogP contribution >= 0.6 is 0 Å². The van der Waals surface area contributed by atoms with E-state index >= 15 is 8.78 Å². The summed E-state index contributed by atoms with van der Waals surface area (Å²) in [5.41, 5.74) is 0.409. The molecule has 0 aliphatic carbocycles. The Labute approximate surface area is 194 Å². The Hall–Kier alpha value is -3.51. The first-order valence-electron chi connectivity index (χ1n) is 10.5. The van der Waals surface area contributed by atoms with Gasteiger partial charge in [-0.05, 0) is 18.1 Å². The Morgan fingerprint density at radius 1 is 1.06 bits per heavy atom. The van der Waals surface area contributed by atoms with Crippen molar-refractivity contribution in [3.05, 3.63) is 71.5 Å². The standard InChI is InChI=1S/C22H20F2N6O3S/c23-22(24,15-7-2-1-3-8-15)21-25-19(29-11-10-16(31)13-29)18-20(26-21)30(28-27-18)12-14-6-4-5-9-17(14)34(32)33/h1-9,16,31,34H,10-13H2/t16-/m0/s1. The number of hydrogen-bond donors (Lipinski definition) is 2. The highest BCUT2D eigenvalue weighted by Crippen LogP contribution is 2.36. The minimum absolute atomic E-state index is 0.0363. The van der Waals surface area contributed by atoms with Crippen LogP contribution in [0.2, 0.25) is 0 Å². The smallest absolute Gasteiger partial charge is 0.331 e. The van der Waals surface area contributed by atoms with Gasteiger partial charge < -0.3 is 10.0 Å². The maximum Gasteiger partial charge on any atom is 0.331 e. The molecule has 1 aliphatic heterocycles. The lowest BCUT2D eigenvalue weighted by Crippen LogP contribution is -2.26. The summed E-state index contributed by atoms with van der Waals surface area (Å²) >= 11 is 0. The zero-order chi connectivity index (χ0) is 23.9. The molecule has 0 bridgehead atoms. The first-order valence-corrected chi connectivity index (χ1v) is 11.7. The lowest BCUT2D eigenvalue weighted by molar-refractivity contribution is 0.0332. The van der Waals surface area contributed by atoms with Crippen molar-refractivity contribution in [3.63, 3.8) is 0 Å². The second-order valence-electron chi connectivity index (χ2n) is 8.00. The van der Waals surface area contributed by atoms with Crippen LogP contribution in [-0.4, -0.2) is 57.7 Å². The molecule has 2 aromatic heterocycles. The topological polar surface area (TPSA) is 114 Å². The molecule has 0 radical (unpaired) electrons. The van der Waals surface area contributed by atoms with Crippen LogP contribution in [-0.2, 0) is 23.2 Å². The van der Waals surface area contributed by atoms with E-state index in [1.807, 2.05) is 0 Å². The first-order chi connectivity index (χ1) is 16.3. The number of halogens is 2. The van der Waals surface area contributed by atoms with Crippen LogP contribution in [0.3, 0.4) is 0 Å². The molecule has 2 aromatic carbocycles. The Morgan fingerprint density at radius 2 is 1.79 bits per heavy atom. The third-order valence-corrected chi connectivity index (χ3v) is 6.56. The number of alkyl halides is 2. The van der Waals surface area contributed by atoms with Gasteiger partial charge >= 0.3 is 5.92 Å². The number of aliphatic hydroxyl groups excluding tert-OH is 1. The van der Waals surface area contributed by atoms with Gasteiger partial charge in [0.25, 0.3) is 0 Å². The Kier molecular flexibility index (Phi) is 5.70. The average Bonchev–Trinajstić information content (AvgIpc) is 3.45. The number of β-amino-alcohol motifs (C(OH)–C–C–N with tert-alkyl or cyclic N) is 1. The summed E-state index contributed by atoms with van der Waals surface area (Å²) in [5.74, 6) is -4.08. The predicted molar refractivity (Wildman–Crippen MR) is 120 cm³/mol. The fraction of sp³-hybridized carbons (Fsp3) is 0.273. The highest BCUT2D eigenvalue weighted by Gasteiger charge is 2.39. The van der Waals surface area contributed by atoms with E-state index in [4.69, 9.17) is 0 Å². The van der Waals surface area contributed by atoms with Crippen molar-refractivity contribution in [2.24, 2.45) is 0 Å². The van der Waals surface area contributed by atoms with Crippen LogP contribution < -0.4 is 4.90 Å². The van der Waals surface area contributed by atoms with E-state index < -0.39 is 28.6 Å². The zero-order valence-corrected chi connectivity index (χ0v) is 18.6. The van der Waals surface area contributed by atoms with Gasteiger partial charge in [-0.2, -0.15) is 8.78 Å². The lowest BCUT2D eigenvalue weighted by atomic mass is 10.1. The highest BCUT2D eigenvalue weighted by atomic mass is 32.2. The largest absolute Gasteiger partial charge is 0.391 e. The quantitative estimate of drug-likeness (QED) is 0.398. The van der Waals surface area contributed by atoms with Gasteiger partial charge in [-0.25, -0.2) is 23.1 Å². The minimum Gasteiger partial charge on any atom is -0.391 e. The van der Waals surface area contributed by atoms with Crippen LogP contribution in [0, 0.1) is 0 Å². The van der Waals surface area contributed by atoms with Crippen molar-refractivity contribution in [2.75, 3.05) is 18.0 Å². The number of thiol groups is 1. The van der Waals surface area contributed by atoms with Gasteiger partial charge in [0.05, 0.1) is 17.5 Å². The molecule has 1 aliphatic rings. The first kappa shape index (κ1) is 22.3. The molecule has 12 heteroatoms. The molecule has 0 unspecified atom stereocenters. The van der Waals surface area contributed by atoms with E-state index in [-0.39, 0.29) is 40.5 Å². The third kappa shape index (κ3) is 3.99. The van der Waals surface area contributed by atoms with Crippen LogP contribution in [0.15, 0.2) is 59.5 Å². The number of benzene rings is 2. The van der Waals surface area contributed by atoms with Crippen LogP contribution in [0.5, 0.6) is 0 Å². The number of anilines is 1. The van der Waals surface area contributed by atoms with Crippen molar-refractivity contribution >= 4 is 27.7 Å². The van der Waals surface area contributed by atoms with Crippen molar-refractivity contribution < 1.29 is 22.3 Å². The van der Waals surface area contributed by atoms with E-state index in [2.05, 4.69) is 20.3 Å². The molecular weight excluding hydrogens is 466 g/mol. The van der Waals surface area contributed by atoms with Gasteiger partial charge in [-0.15, -0.1) is 5.10 Å². The van der Waals surface area contributed by atoms with Crippen molar-refractivity contribution in [1.29, 1.82) is 0 Å². The normalized spacial score (nSPS) is 16.6. The van der Waals surface area contributed by atoms with Gasteiger partial charge in [0.2, 0.25) is 5.82 Å². The molecule has 0 saturated carbocycles. The summed E-state index contributed by atoms with van der Waals surface area (Å²) in [4.78, 5) is 10.1. The number of hydrogen-bond acceptors (Lipinski definition) is 8. The van der Waals surface area contributed by atoms with E-state index in [0.29, 0.717) is 18.5 Å². The Balaban J connectivity index is 1.67. The molecule has 1 saturated heterocycles. The molecule has 3 heterocycles. The van der Waals surface area contributed by atoms with E-state index in [9.17, 15) is 13.5 Å². The maximum absolute atomic E-state index is 15.5. The SMILES string of the molecule is O=[SH](=O)c1ccccc1Cn1nnc2c(N3CC[C@H](O)C3)nc(C(F)(F)c3ccccc3)nc21. The molecule has 0 spiro atoms. The number of nitrogens with zero attached hydrogens (tertiary/aromatic N) is 6. The minimum atomic E-state index is -3.51. The molecule has 0 amide bonds. The second kappa shape index (κ2) is 8.69. The number of fused-ring (bicyclic) bond motifs is 1. The number of rotatable bonds is 6. The maximum atomic E-state index is 15.5. The predicted octanol–water partition coefficient (Wildman–Crippen LogP) is 1.95. The van der Waals surface area contributed by atoms with E-state index in [1.165, 1.54) is 35.0 Å². The van der Waals surface area contributed by atoms with E-state index in [0.717, 1.165) is 0 Å². The molecule has 4 aromatic rings. The fourth-order valence-corrected chi connectivity index (χ4v) is 4.59. The summed E-state index contributed by atoms with van der Waals surface area (Å²) < 4.78 is 55.5. The summed E-state index contributed by atoms with van der Waals surface area (Å²) in [6.45, 7) is 0.593. The average molecular weight is 487 g/mol. The van der Waals surface area contributed by atoms with Crippen LogP contribution in [0.25, 0.3) is 11.2 Å². The van der Waals surface area contributed by atoms with Crippen LogP contribution in [0.4, 0.5) is 14.6 Å². The Bertz CT molecular complexity index is 1420. The molecule has 5 rings (SSSR count). The highest BCUT2D eigenvalue weighted by molar-refractivity contribution is 7.72. The summed E-state index contributed by atoms with van der Waals surface area (Å²) in [6, 6.07) is 13.6. The number of aliphatic hydroxyl groups is 1. The zero-order valence-electron chi connectivity index (χ0n) is 17.8. The summed E-state index contributed by atoms with van der Waals surface area (Å²) in [7, 11) is -2.87. The van der Waals surface area contributed by atoms with Crippen LogP contribution in [0.1, 0.15) is 23.4 Å². The fourth-order valence-electron chi connectivity index (χ4n) is 4.00. The van der Waals surface area contributed by atoms with E-state index in [1.54, 1.807) is 29.2 Å². The molecular formula is C22H20F2N6O3S. The molecule has 9 nitrogen and oxygen atoms in total. The number of aromatic nitrogens is 5.